The quantitative estimate of drug-likeness (QED) is 0.213. The summed E-state index contributed by atoms with van der Waals surface area (Å²) in [7, 11) is 0. The van der Waals surface area contributed by atoms with E-state index < -0.39 is 0 Å². The van der Waals surface area contributed by atoms with Gasteiger partial charge in [0.2, 0.25) is 0 Å². The second kappa shape index (κ2) is 14.4. The molecule has 1 heterocycles. The minimum absolute atomic E-state index is 0.0217. The molecule has 1 N–H and O–H groups in total. The van der Waals surface area contributed by atoms with Gasteiger partial charge in [-0.1, -0.05) is 49.3 Å². The standard InChI is InChI=1S/C25H38ClN5OS/c1-6-30(7-2)16-10-11-19(5)27-24(32)21-14-12-20(13-15-21)18-33-25-28-22(26)17-23(29-25)31(8-3)9-4/h12-15,17,19H,6-11,16,18H2,1-5H3,(H,27,32). The van der Waals surface area contributed by atoms with Gasteiger partial charge in [0.1, 0.15) is 11.0 Å². The van der Waals surface area contributed by atoms with E-state index in [9.17, 15) is 4.79 Å². The van der Waals surface area contributed by atoms with Crippen molar-refractivity contribution in [2.24, 2.45) is 0 Å². The summed E-state index contributed by atoms with van der Waals surface area (Å²) in [5.41, 5.74) is 1.79. The number of nitrogens with one attached hydrogen (secondary N) is 1. The number of carbonyl (C=O) groups is 1. The Morgan fingerprint density at radius 2 is 1.73 bits per heavy atom. The second-order valence-electron chi connectivity index (χ2n) is 8.03. The lowest BCUT2D eigenvalue weighted by molar-refractivity contribution is 0.0937. The lowest BCUT2D eigenvalue weighted by atomic mass is 10.1. The lowest BCUT2D eigenvalue weighted by Crippen LogP contribution is -2.33. The van der Waals surface area contributed by atoms with Crippen LogP contribution < -0.4 is 10.2 Å². The molecule has 1 amide bonds. The normalized spacial score (nSPS) is 12.1. The van der Waals surface area contributed by atoms with E-state index >= 15 is 0 Å². The highest BCUT2D eigenvalue weighted by Gasteiger charge is 2.12. The number of halogens is 1. The van der Waals surface area contributed by atoms with Crippen LogP contribution in [0.25, 0.3) is 0 Å². The number of carbonyl (C=O) groups excluding carboxylic acids is 1. The number of aromatic nitrogens is 2. The molecule has 0 saturated heterocycles. The number of nitrogens with zero attached hydrogens (tertiary/aromatic N) is 4. The fourth-order valence-corrected chi connectivity index (χ4v) is 4.64. The van der Waals surface area contributed by atoms with Gasteiger partial charge >= 0.3 is 0 Å². The number of anilines is 1. The second-order valence-corrected chi connectivity index (χ2v) is 9.36. The first-order chi connectivity index (χ1) is 15.9. The highest BCUT2D eigenvalue weighted by molar-refractivity contribution is 7.98. The van der Waals surface area contributed by atoms with Gasteiger partial charge in [-0.05, 0) is 70.9 Å². The minimum Gasteiger partial charge on any atom is -0.357 e. The molecule has 1 aromatic heterocycles. The molecule has 0 fully saturated rings. The molecule has 2 aromatic rings. The van der Waals surface area contributed by atoms with E-state index in [4.69, 9.17) is 11.6 Å². The van der Waals surface area contributed by atoms with E-state index in [2.05, 4.69) is 59.7 Å². The van der Waals surface area contributed by atoms with Crippen LogP contribution in [0.5, 0.6) is 0 Å². The van der Waals surface area contributed by atoms with E-state index in [1.807, 2.05) is 24.3 Å². The Balaban J connectivity index is 1.87. The predicted molar refractivity (Wildman–Crippen MR) is 141 cm³/mol. The van der Waals surface area contributed by atoms with Crippen LogP contribution in [-0.2, 0) is 5.75 Å². The van der Waals surface area contributed by atoms with Gasteiger partial charge in [-0.2, -0.15) is 0 Å². The summed E-state index contributed by atoms with van der Waals surface area (Å²) in [5.74, 6) is 1.54. The Morgan fingerprint density at radius 1 is 1.06 bits per heavy atom. The third-order valence-corrected chi connectivity index (χ3v) is 6.83. The van der Waals surface area contributed by atoms with Crippen LogP contribution in [0, 0.1) is 0 Å². The van der Waals surface area contributed by atoms with Gasteiger partial charge in [0, 0.05) is 36.5 Å². The molecule has 0 aliphatic rings. The monoisotopic (exact) mass is 491 g/mol. The van der Waals surface area contributed by atoms with Crippen LogP contribution in [0.3, 0.4) is 0 Å². The van der Waals surface area contributed by atoms with Gasteiger partial charge in [0.25, 0.3) is 5.91 Å². The van der Waals surface area contributed by atoms with Crippen LogP contribution >= 0.6 is 23.4 Å². The zero-order valence-electron chi connectivity index (χ0n) is 20.6. The lowest BCUT2D eigenvalue weighted by Gasteiger charge is -2.20. The van der Waals surface area contributed by atoms with Gasteiger partial charge in [-0.25, -0.2) is 9.97 Å². The zero-order chi connectivity index (χ0) is 24.2. The number of thioether (sulfide) groups is 1. The van der Waals surface area contributed by atoms with E-state index in [0.717, 1.165) is 56.9 Å². The van der Waals surface area contributed by atoms with Crippen LogP contribution in [0.2, 0.25) is 5.15 Å². The summed E-state index contributed by atoms with van der Waals surface area (Å²) in [6.07, 6.45) is 2.06. The number of hydrogen-bond donors (Lipinski definition) is 1. The molecule has 0 spiro atoms. The first-order valence-electron chi connectivity index (χ1n) is 11.9. The van der Waals surface area contributed by atoms with E-state index in [1.54, 1.807) is 17.8 Å². The Morgan fingerprint density at radius 3 is 2.33 bits per heavy atom. The molecular weight excluding hydrogens is 454 g/mol. The molecule has 6 nitrogen and oxygen atoms in total. The molecule has 2 rings (SSSR count). The van der Waals surface area contributed by atoms with E-state index in [-0.39, 0.29) is 11.9 Å². The van der Waals surface area contributed by atoms with Crippen molar-refractivity contribution in [2.75, 3.05) is 37.6 Å². The van der Waals surface area contributed by atoms with Gasteiger partial charge in [-0.3, -0.25) is 4.79 Å². The molecule has 1 aromatic carbocycles. The molecule has 0 saturated carbocycles. The summed E-state index contributed by atoms with van der Waals surface area (Å²) in [6, 6.07) is 9.70. The molecule has 0 radical (unpaired) electrons. The molecule has 33 heavy (non-hydrogen) atoms. The number of benzene rings is 1. The summed E-state index contributed by atoms with van der Waals surface area (Å²) < 4.78 is 0. The Kier molecular flexibility index (Phi) is 12.0. The summed E-state index contributed by atoms with van der Waals surface area (Å²) in [5, 5.41) is 4.22. The van der Waals surface area contributed by atoms with Crippen molar-refractivity contribution in [1.82, 2.24) is 20.2 Å². The number of hydrogen-bond acceptors (Lipinski definition) is 6. The maximum absolute atomic E-state index is 12.6. The summed E-state index contributed by atoms with van der Waals surface area (Å²) >= 11 is 7.75. The topological polar surface area (TPSA) is 61.4 Å². The first kappa shape index (κ1) is 27.4. The van der Waals surface area contributed by atoms with Gasteiger partial charge in [-0.15, -0.1) is 0 Å². The van der Waals surface area contributed by atoms with Gasteiger partial charge in [0.05, 0.1) is 0 Å². The summed E-state index contributed by atoms with van der Waals surface area (Å²) in [4.78, 5) is 26.1. The number of rotatable bonds is 14. The molecule has 0 aliphatic carbocycles. The van der Waals surface area contributed by atoms with Crippen molar-refractivity contribution >= 4 is 35.1 Å². The molecule has 0 bridgehead atoms. The van der Waals surface area contributed by atoms with E-state index in [0.29, 0.717) is 21.6 Å². The molecule has 1 atom stereocenters. The van der Waals surface area contributed by atoms with Crippen molar-refractivity contribution in [2.45, 2.75) is 64.4 Å². The van der Waals surface area contributed by atoms with Crippen molar-refractivity contribution < 1.29 is 4.79 Å². The van der Waals surface area contributed by atoms with Crippen LogP contribution in [0.1, 0.15) is 63.4 Å². The Labute approximate surface area is 208 Å². The zero-order valence-corrected chi connectivity index (χ0v) is 22.2. The fraction of sp³-hybridized carbons (Fsp3) is 0.560. The smallest absolute Gasteiger partial charge is 0.251 e. The van der Waals surface area contributed by atoms with Crippen molar-refractivity contribution in [1.29, 1.82) is 0 Å². The minimum atomic E-state index is -0.0217. The average molecular weight is 492 g/mol. The number of amides is 1. The van der Waals surface area contributed by atoms with Gasteiger partial charge < -0.3 is 15.1 Å². The van der Waals surface area contributed by atoms with Crippen LogP contribution in [-0.4, -0.2) is 59.5 Å². The third-order valence-electron chi connectivity index (χ3n) is 5.72. The highest BCUT2D eigenvalue weighted by Crippen LogP contribution is 2.24. The predicted octanol–water partition coefficient (Wildman–Crippen LogP) is 5.51. The molecule has 0 aliphatic heterocycles. The fourth-order valence-electron chi connectivity index (χ4n) is 3.60. The SMILES string of the molecule is CCN(CC)CCCC(C)NC(=O)c1ccc(CSc2nc(Cl)cc(N(CC)CC)n2)cc1. The molecule has 1 unspecified atom stereocenters. The first-order valence-corrected chi connectivity index (χ1v) is 13.3. The third kappa shape index (κ3) is 9.14. The highest BCUT2D eigenvalue weighted by atomic mass is 35.5. The van der Waals surface area contributed by atoms with Crippen molar-refractivity contribution in [3.8, 4) is 0 Å². The van der Waals surface area contributed by atoms with E-state index in [1.165, 1.54) is 0 Å². The van der Waals surface area contributed by atoms with Gasteiger partial charge in [0.15, 0.2) is 5.16 Å². The van der Waals surface area contributed by atoms with Crippen LogP contribution in [0.4, 0.5) is 5.82 Å². The van der Waals surface area contributed by atoms with Crippen LogP contribution in [0.15, 0.2) is 35.5 Å². The maximum atomic E-state index is 12.6. The van der Waals surface area contributed by atoms with Crippen molar-refractivity contribution in [3.05, 3.63) is 46.6 Å². The van der Waals surface area contributed by atoms with Crippen molar-refractivity contribution in [3.63, 3.8) is 0 Å². The largest absolute Gasteiger partial charge is 0.357 e. The summed E-state index contributed by atoms with van der Waals surface area (Å²) in [6.45, 7) is 15.6. The molecular formula is C25H38ClN5OS. The molecule has 8 heteroatoms. The average Bonchev–Trinajstić information content (AvgIpc) is 2.81. The Hall–Kier alpha value is -1.83. The Bertz CT molecular complexity index is 856. The molecule has 182 valence electrons. The maximum Gasteiger partial charge on any atom is 0.251 e.